The third kappa shape index (κ3) is 4.02. The summed E-state index contributed by atoms with van der Waals surface area (Å²) < 4.78 is 0. The molecule has 2 heterocycles. The molecule has 1 atom stereocenters. The van der Waals surface area contributed by atoms with E-state index in [0.717, 1.165) is 5.69 Å². The Morgan fingerprint density at radius 3 is 2.76 bits per heavy atom. The van der Waals surface area contributed by atoms with E-state index in [4.69, 9.17) is 0 Å². The molecule has 1 saturated heterocycles. The van der Waals surface area contributed by atoms with Crippen LogP contribution in [0.25, 0.3) is 0 Å². The summed E-state index contributed by atoms with van der Waals surface area (Å²) >= 11 is 0. The summed E-state index contributed by atoms with van der Waals surface area (Å²) in [7, 11) is 0. The maximum atomic E-state index is 12.3. The fourth-order valence-electron chi connectivity index (χ4n) is 2.88. The SMILES string of the molecule is CC(C)c1nccc(C(=O)NC[C@H]2CC(=O)N(c3ccccc3)C2)n1. The highest BCUT2D eigenvalue weighted by Crippen LogP contribution is 2.24. The zero-order valence-electron chi connectivity index (χ0n) is 14.5. The molecule has 1 N–H and O–H groups in total. The van der Waals surface area contributed by atoms with Gasteiger partial charge in [-0.15, -0.1) is 0 Å². The van der Waals surface area contributed by atoms with Gasteiger partial charge in [-0.25, -0.2) is 9.97 Å². The molecule has 1 fully saturated rings. The zero-order chi connectivity index (χ0) is 17.8. The van der Waals surface area contributed by atoms with Crippen LogP contribution in [0.2, 0.25) is 0 Å². The van der Waals surface area contributed by atoms with Gasteiger partial charge in [0.25, 0.3) is 5.91 Å². The molecule has 0 saturated carbocycles. The molecule has 6 nitrogen and oxygen atoms in total. The van der Waals surface area contributed by atoms with Crippen LogP contribution in [0.4, 0.5) is 5.69 Å². The Balaban J connectivity index is 1.58. The number of hydrogen-bond acceptors (Lipinski definition) is 4. The van der Waals surface area contributed by atoms with Gasteiger partial charge >= 0.3 is 0 Å². The fourth-order valence-corrected chi connectivity index (χ4v) is 2.88. The van der Waals surface area contributed by atoms with Crippen LogP contribution in [0.15, 0.2) is 42.6 Å². The van der Waals surface area contributed by atoms with Crippen LogP contribution in [0.1, 0.15) is 42.5 Å². The second-order valence-electron chi connectivity index (χ2n) is 6.57. The highest BCUT2D eigenvalue weighted by atomic mass is 16.2. The number of para-hydroxylation sites is 1. The van der Waals surface area contributed by atoms with E-state index in [1.807, 2.05) is 44.2 Å². The lowest BCUT2D eigenvalue weighted by Gasteiger charge is -2.16. The number of nitrogens with one attached hydrogen (secondary N) is 1. The highest BCUT2D eigenvalue weighted by molar-refractivity contribution is 5.96. The Kier molecular flexibility index (Phi) is 5.07. The number of amides is 2. The zero-order valence-corrected chi connectivity index (χ0v) is 14.5. The van der Waals surface area contributed by atoms with Gasteiger partial charge in [0.1, 0.15) is 11.5 Å². The summed E-state index contributed by atoms with van der Waals surface area (Å²) in [6.45, 7) is 5.04. The Morgan fingerprint density at radius 2 is 2.04 bits per heavy atom. The molecular formula is C19H22N4O2. The Bertz CT molecular complexity index is 761. The molecule has 0 aliphatic carbocycles. The van der Waals surface area contributed by atoms with Crippen molar-refractivity contribution in [3.63, 3.8) is 0 Å². The summed E-state index contributed by atoms with van der Waals surface area (Å²) in [4.78, 5) is 34.8. The first-order chi connectivity index (χ1) is 12.0. The molecule has 1 aliphatic heterocycles. The van der Waals surface area contributed by atoms with E-state index in [9.17, 15) is 9.59 Å². The minimum atomic E-state index is -0.227. The summed E-state index contributed by atoms with van der Waals surface area (Å²) in [6.07, 6.45) is 2.05. The van der Waals surface area contributed by atoms with Gasteiger partial charge in [-0.2, -0.15) is 0 Å². The van der Waals surface area contributed by atoms with Crippen molar-refractivity contribution in [2.75, 3.05) is 18.0 Å². The van der Waals surface area contributed by atoms with E-state index in [1.54, 1.807) is 17.2 Å². The van der Waals surface area contributed by atoms with Crippen LogP contribution >= 0.6 is 0 Å². The van der Waals surface area contributed by atoms with Gasteiger partial charge in [0.15, 0.2) is 0 Å². The molecular weight excluding hydrogens is 316 g/mol. The van der Waals surface area contributed by atoms with Crippen molar-refractivity contribution in [1.82, 2.24) is 15.3 Å². The molecule has 25 heavy (non-hydrogen) atoms. The van der Waals surface area contributed by atoms with Crippen LogP contribution in [-0.2, 0) is 4.79 Å². The first-order valence-corrected chi connectivity index (χ1v) is 8.51. The van der Waals surface area contributed by atoms with Crippen LogP contribution in [0, 0.1) is 5.92 Å². The van der Waals surface area contributed by atoms with E-state index >= 15 is 0 Å². The Hall–Kier alpha value is -2.76. The number of rotatable bonds is 5. The normalized spacial score (nSPS) is 17.2. The largest absolute Gasteiger partial charge is 0.350 e. The molecule has 0 spiro atoms. The predicted molar refractivity (Wildman–Crippen MR) is 95.4 cm³/mol. The minimum Gasteiger partial charge on any atom is -0.350 e. The number of hydrogen-bond donors (Lipinski definition) is 1. The lowest BCUT2D eigenvalue weighted by Crippen LogP contribution is -2.32. The van der Waals surface area contributed by atoms with Crippen molar-refractivity contribution in [2.24, 2.45) is 5.92 Å². The van der Waals surface area contributed by atoms with Gasteiger partial charge < -0.3 is 10.2 Å². The average Bonchev–Trinajstić information content (AvgIpc) is 3.01. The molecule has 3 rings (SSSR count). The smallest absolute Gasteiger partial charge is 0.270 e. The van der Waals surface area contributed by atoms with Crippen molar-refractivity contribution in [2.45, 2.75) is 26.2 Å². The highest BCUT2D eigenvalue weighted by Gasteiger charge is 2.30. The van der Waals surface area contributed by atoms with E-state index in [2.05, 4.69) is 15.3 Å². The minimum absolute atomic E-state index is 0.0922. The van der Waals surface area contributed by atoms with E-state index in [0.29, 0.717) is 31.0 Å². The topological polar surface area (TPSA) is 75.2 Å². The lowest BCUT2D eigenvalue weighted by atomic mass is 10.1. The molecule has 0 bridgehead atoms. The summed E-state index contributed by atoms with van der Waals surface area (Å²) in [5.74, 6) is 0.783. The first kappa shape index (κ1) is 17.1. The van der Waals surface area contributed by atoms with Gasteiger partial charge in [0.2, 0.25) is 5.91 Å². The standard InChI is InChI=1S/C19H22N4O2/c1-13(2)18-20-9-8-16(22-18)19(25)21-11-14-10-17(24)23(12-14)15-6-4-3-5-7-15/h3-9,13-14H,10-12H2,1-2H3,(H,21,25)/t14-/m1/s1. The maximum Gasteiger partial charge on any atom is 0.270 e. The van der Waals surface area contributed by atoms with Crippen LogP contribution in [-0.4, -0.2) is 34.9 Å². The van der Waals surface area contributed by atoms with Crippen LogP contribution in [0.5, 0.6) is 0 Å². The third-order valence-corrected chi connectivity index (χ3v) is 4.25. The summed E-state index contributed by atoms with van der Waals surface area (Å²) in [6, 6.07) is 11.2. The Labute approximate surface area is 147 Å². The molecule has 130 valence electrons. The molecule has 0 radical (unpaired) electrons. The van der Waals surface area contributed by atoms with Crippen molar-refractivity contribution >= 4 is 17.5 Å². The van der Waals surface area contributed by atoms with Crippen LogP contribution in [0.3, 0.4) is 0 Å². The van der Waals surface area contributed by atoms with Crippen LogP contribution < -0.4 is 10.2 Å². The Morgan fingerprint density at radius 1 is 1.28 bits per heavy atom. The molecule has 1 aromatic heterocycles. The molecule has 6 heteroatoms. The maximum absolute atomic E-state index is 12.3. The number of benzene rings is 1. The molecule has 2 amide bonds. The van der Waals surface area contributed by atoms with Gasteiger partial charge in [0.05, 0.1) is 0 Å². The predicted octanol–water partition coefficient (Wildman–Crippen LogP) is 2.38. The van der Waals surface area contributed by atoms with Crippen molar-refractivity contribution in [3.05, 3.63) is 54.1 Å². The summed E-state index contributed by atoms with van der Waals surface area (Å²) in [5.41, 5.74) is 1.27. The molecule has 0 unspecified atom stereocenters. The quantitative estimate of drug-likeness (QED) is 0.908. The number of anilines is 1. The number of carbonyl (C=O) groups excluding carboxylic acids is 2. The second kappa shape index (κ2) is 7.42. The monoisotopic (exact) mass is 338 g/mol. The van der Waals surface area contributed by atoms with Crippen molar-refractivity contribution < 1.29 is 9.59 Å². The first-order valence-electron chi connectivity index (χ1n) is 8.51. The number of carbonyl (C=O) groups is 2. The molecule has 1 aliphatic rings. The average molecular weight is 338 g/mol. The fraction of sp³-hybridized carbons (Fsp3) is 0.368. The van der Waals surface area contributed by atoms with E-state index < -0.39 is 0 Å². The van der Waals surface area contributed by atoms with Gasteiger partial charge in [0, 0.05) is 43.2 Å². The van der Waals surface area contributed by atoms with Gasteiger partial charge in [-0.1, -0.05) is 32.0 Å². The van der Waals surface area contributed by atoms with E-state index in [1.165, 1.54) is 0 Å². The molecule has 1 aromatic carbocycles. The number of aromatic nitrogens is 2. The van der Waals surface area contributed by atoms with Crippen molar-refractivity contribution in [3.8, 4) is 0 Å². The van der Waals surface area contributed by atoms with E-state index in [-0.39, 0.29) is 23.7 Å². The lowest BCUT2D eigenvalue weighted by molar-refractivity contribution is -0.117. The van der Waals surface area contributed by atoms with Crippen molar-refractivity contribution in [1.29, 1.82) is 0 Å². The molecule has 2 aromatic rings. The number of nitrogens with zero attached hydrogens (tertiary/aromatic N) is 3. The van der Waals surface area contributed by atoms with Gasteiger partial charge in [-0.05, 0) is 18.2 Å². The van der Waals surface area contributed by atoms with Gasteiger partial charge in [-0.3, -0.25) is 9.59 Å². The second-order valence-corrected chi connectivity index (χ2v) is 6.57. The third-order valence-electron chi connectivity index (χ3n) is 4.25. The summed E-state index contributed by atoms with van der Waals surface area (Å²) in [5, 5.41) is 2.89.